The molecule has 0 atom stereocenters. The fraction of sp³-hybridized carbons (Fsp3) is 0.231. The summed E-state index contributed by atoms with van der Waals surface area (Å²) < 4.78 is 53.2. The lowest BCUT2D eigenvalue weighted by Gasteiger charge is -2.13. The summed E-state index contributed by atoms with van der Waals surface area (Å²) in [4.78, 5) is 12.3. The van der Waals surface area contributed by atoms with Crippen LogP contribution in [-0.4, -0.2) is 15.6 Å². The van der Waals surface area contributed by atoms with Crippen LogP contribution in [0.15, 0.2) is 24.4 Å². The van der Waals surface area contributed by atoms with E-state index in [1.54, 1.807) is 6.92 Å². The van der Waals surface area contributed by atoms with Gasteiger partial charge >= 0.3 is 6.18 Å². The summed E-state index contributed by atoms with van der Waals surface area (Å²) in [7, 11) is 0. The average Bonchev–Trinajstić information content (AvgIpc) is 2.77. The van der Waals surface area contributed by atoms with Gasteiger partial charge < -0.3 is 0 Å². The number of carbonyl (C=O) groups is 1. The number of rotatable bonds is 3. The second-order valence-electron chi connectivity index (χ2n) is 4.17. The first-order valence-corrected chi connectivity index (χ1v) is 6.26. The summed E-state index contributed by atoms with van der Waals surface area (Å²) in [5, 5.41) is 3.70. The van der Waals surface area contributed by atoms with Crippen LogP contribution in [0.5, 0.6) is 0 Å². The van der Waals surface area contributed by atoms with Crippen molar-refractivity contribution < 1.29 is 22.4 Å². The summed E-state index contributed by atoms with van der Waals surface area (Å²) in [6.07, 6.45) is -3.62. The maximum absolute atomic E-state index is 13.2. The zero-order chi connectivity index (χ0) is 15.8. The largest absolute Gasteiger partial charge is 0.417 e. The third-order valence-electron chi connectivity index (χ3n) is 2.84. The molecule has 0 fully saturated rings. The highest BCUT2D eigenvalue weighted by atomic mass is 35.5. The molecule has 8 heteroatoms. The van der Waals surface area contributed by atoms with Crippen LogP contribution in [-0.2, 0) is 12.7 Å². The van der Waals surface area contributed by atoms with E-state index in [4.69, 9.17) is 11.6 Å². The monoisotopic (exact) mass is 320 g/mol. The second-order valence-corrected chi connectivity index (χ2v) is 4.58. The first-order chi connectivity index (χ1) is 9.75. The molecule has 0 aliphatic heterocycles. The topological polar surface area (TPSA) is 34.9 Å². The van der Waals surface area contributed by atoms with Gasteiger partial charge in [-0.15, -0.1) is 0 Å². The van der Waals surface area contributed by atoms with E-state index >= 15 is 0 Å². The van der Waals surface area contributed by atoms with Gasteiger partial charge in [-0.3, -0.25) is 9.48 Å². The Morgan fingerprint density at radius 3 is 2.62 bits per heavy atom. The van der Waals surface area contributed by atoms with Crippen LogP contribution < -0.4 is 0 Å². The van der Waals surface area contributed by atoms with E-state index in [1.807, 2.05) is 0 Å². The number of alkyl halides is 3. The van der Waals surface area contributed by atoms with Gasteiger partial charge in [-0.1, -0.05) is 11.6 Å². The van der Waals surface area contributed by atoms with Gasteiger partial charge in [-0.05, 0) is 25.1 Å². The highest BCUT2D eigenvalue weighted by molar-refractivity contribution is 6.34. The summed E-state index contributed by atoms with van der Waals surface area (Å²) in [5.41, 5.74) is -2.20. The molecule has 0 radical (unpaired) electrons. The fourth-order valence-electron chi connectivity index (χ4n) is 1.91. The minimum absolute atomic E-state index is 0.0840. The van der Waals surface area contributed by atoms with Crippen molar-refractivity contribution in [1.29, 1.82) is 0 Å². The van der Waals surface area contributed by atoms with Crippen LogP contribution in [0.4, 0.5) is 17.6 Å². The van der Waals surface area contributed by atoms with Crippen molar-refractivity contribution in [2.45, 2.75) is 19.6 Å². The van der Waals surface area contributed by atoms with Gasteiger partial charge in [0.15, 0.2) is 0 Å². The van der Waals surface area contributed by atoms with Crippen LogP contribution >= 0.6 is 11.6 Å². The molecule has 3 nitrogen and oxygen atoms in total. The number of ketones is 1. The minimum atomic E-state index is -4.78. The van der Waals surface area contributed by atoms with Crippen molar-refractivity contribution in [2.24, 2.45) is 0 Å². The molecular formula is C13H9ClF4N2O. The molecular weight excluding hydrogens is 312 g/mol. The molecule has 0 aliphatic carbocycles. The van der Waals surface area contributed by atoms with E-state index in [0.717, 1.165) is 10.9 Å². The van der Waals surface area contributed by atoms with Crippen molar-refractivity contribution in [2.75, 3.05) is 0 Å². The van der Waals surface area contributed by atoms with E-state index in [-0.39, 0.29) is 17.3 Å². The van der Waals surface area contributed by atoms with Gasteiger partial charge in [0.05, 0.1) is 16.8 Å². The molecule has 0 N–H and O–H groups in total. The molecule has 112 valence electrons. The zero-order valence-corrected chi connectivity index (χ0v) is 11.5. The highest BCUT2D eigenvalue weighted by Gasteiger charge is 2.36. The molecule has 2 rings (SSSR count). The number of hydrogen-bond acceptors (Lipinski definition) is 2. The predicted octanol–water partition coefficient (Wildman–Crippen LogP) is 3.95. The van der Waals surface area contributed by atoms with Crippen molar-refractivity contribution in [3.05, 3.63) is 52.1 Å². The molecule has 1 heterocycles. The number of aromatic nitrogens is 2. The predicted molar refractivity (Wildman–Crippen MR) is 67.7 cm³/mol. The third-order valence-corrected chi connectivity index (χ3v) is 3.12. The number of carbonyl (C=O) groups excluding carboxylic acids is 1. The molecule has 0 bridgehead atoms. The van der Waals surface area contributed by atoms with Crippen LogP contribution in [0.2, 0.25) is 5.02 Å². The Morgan fingerprint density at radius 1 is 1.38 bits per heavy atom. The number of halogens is 5. The lowest BCUT2D eigenvalue weighted by atomic mass is 10.0. The number of benzene rings is 1. The molecule has 1 aromatic carbocycles. The smallest absolute Gasteiger partial charge is 0.287 e. The lowest BCUT2D eigenvalue weighted by Crippen LogP contribution is -2.17. The van der Waals surface area contributed by atoms with Gasteiger partial charge in [0.2, 0.25) is 5.78 Å². The number of nitrogens with zero attached hydrogens (tertiary/aromatic N) is 2. The highest BCUT2D eigenvalue weighted by Crippen LogP contribution is 2.34. The normalized spacial score (nSPS) is 11.7. The van der Waals surface area contributed by atoms with E-state index in [1.165, 1.54) is 0 Å². The Balaban J connectivity index is 2.63. The molecule has 0 aliphatic rings. The van der Waals surface area contributed by atoms with Gasteiger partial charge in [-0.25, -0.2) is 4.39 Å². The molecule has 21 heavy (non-hydrogen) atoms. The first kappa shape index (κ1) is 15.5. The fourth-order valence-corrected chi connectivity index (χ4v) is 2.13. The van der Waals surface area contributed by atoms with Crippen LogP contribution in [0.25, 0.3) is 0 Å². The summed E-state index contributed by atoms with van der Waals surface area (Å²) in [6.45, 7) is 1.89. The quantitative estimate of drug-likeness (QED) is 0.634. The van der Waals surface area contributed by atoms with E-state index in [9.17, 15) is 22.4 Å². The average molecular weight is 321 g/mol. The summed E-state index contributed by atoms with van der Waals surface area (Å²) in [5.74, 6) is -1.96. The van der Waals surface area contributed by atoms with Crippen LogP contribution in [0, 0.1) is 5.82 Å². The second kappa shape index (κ2) is 5.48. The van der Waals surface area contributed by atoms with E-state index < -0.39 is 28.9 Å². The van der Waals surface area contributed by atoms with Gasteiger partial charge in [0.1, 0.15) is 11.5 Å². The standard InChI is InChI=1S/C13H9ClF4N2O/c1-2-20-11(10(14)6-19-20)12(21)8-5-7(15)3-4-9(8)13(16,17)18/h3-6H,2H2,1H3. The lowest BCUT2D eigenvalue weighted by molar-refractivity contribution is -0.137. The zero-order valence-electron chi connectivity index (χ0n) is 10.7. The maximum atomic E-state index is 13.2. The number of hydrogen-bond donors (Lipinski definition) is 0. The van der Waals surface area contributed by atoms with Gasteiger partial charge in [-0.2, -0.15) is 18.3 Å². The Labute approximate surface area is 122 Å². The Morgan fingerprint density at radius 2 is 2.05 bits per heavy atom. The summed E-state index contributed by atoms with van der Waals surface area (Å²) >= 11 is 5.80. The van der Waals surface area contributed by atoms with Crippen LogP contribution in [0.1, 0.15) is 28.5 Å². The van der Waals surface area contributed by atoms with Crippen molar-refractivity contribution in [1.82, 2.24) is 9.78 Å². The van der Waals surface area contributed by atoms with Crippen molar-refractivity contribution in [3.63, 3.8) is 0 Å². The maximum Gasteiger partial charge on any atom is 0.417 e. The molecule has 0 unspecified atom stereocenters. The molecule has 0 spiro atoms. The Kier molecular flexibility index (Phi) is 4.04. The molecule has 0 amide bonds. The third kappa shape index (κ3) is 2.92. The van der Waals surface area contributed by atoms with Gasteiger partial charge in [0, 0.05) is 12.1 Å². The van der Waals surface area contributed by atoms with Gasteiger partial charge in [0.25, 0.3) is 0 Å². The summed E-state index contributed by atoms with van der Waals surface area (Å²) in [6, 6.07) is 1.73. The number of aryl methyl sites for hydroxylation is 1. The van der Waals surface area contributed by atoms with E-state index in [2.05, 4.69) is 5.10 Å². The van der Waals surface area contributed by atoms with Crippen molar-refractivity contribution in [3.8, 4) is 0 Å². The SMILES string of the molecule is CCn1ncc(Cl)c1C(=O)c1cc(F)ccc1C(F)(F)F. The Hall–Kier alpha value is -1.89. The molecule has 2 aromatic rings. The minimum Gasteiger partial charge on any atom is -0.287 e. The molecule has 1 aromatic heterocycles. The molecule has 0 saturated heterocycles. The molecule has 0 saturated carbocycles. The van der Waals surface area contributed by atoms with E-state index in [0.29, 0.717) is 18.2 Å². The Bertz CT molecular complexity index is 694. The van der Waals surface area contributed by atoms with Crippen LogP contribution in [0.3, 0.4) is 0 Å². The first-order valence-electron chi connectivity index (χ1n) is 5.88. The van der Waals surface area contributed by atoms with Crippen molar-refractivity contribution >= 4 is 17.4 Å².